The van der Waals surface area contributed by atoms with Crippen LogP contribution in [0, 0.1) is 0 Å². The van der Waals surface area contributed by atoms with Crippen LogP contribution in [0.4, 0.5) is 0 Å². The van der Waals surface area contributed by atoms with Gasteiger partial charge in [0.1, 0.15) is 0 Å². The molecule has 2 aromatic rings. The Bertz CT molecular complexity index is 790. The summed E-state index contributed by atoms with van der Waals surface area (Å²) in [5.74, 6) is 0.626. The molecule has 0 amide bonds. The second-order valence-corrected chi connectivity index (χ2v) is 5.96. The first kappa shape index (κ1) is 15.3. The van der Waals surface area contributed by atoms with Gasteiger partial charge in [0.15, 0.2) is 5.82 Å². The summed E-state index contributed by atoms with van der Waals surface area (Å²) < 4.78 is 1.71. The largest absolute Gasteiger partial charge is 0.221 e. The van der Waals surface area contributed by atoms with Crippen molar-refractivity contribution in [3.8, 4) is 11.4 Å². The maximum Gasteiger partial charge on any atom is 0.183 e. The van der Waals surface area contributed by atoms with Crippen molar-refractivity contribution in [3.63, 3.8) is 0 Å². The summed E-state index contributed by atoms with van der Waals surface area (Å²) in [6.07, 6.45) is 6.28. The van der Waals surface area contributed by atoms with Crippen LogP contribution in [0.5, 0.6) is 0 Å². The van der Waals surface area contributed by atoms with Crippen molar-refractivity contribution >= 4 is 34.8 Å². The highest BCUT2D eigenvalue weighted by molar-refractivity contribution is 6.44. The minimum Gasteiger partial charge on any atom is -0.221 e. The van der Waals surface area contributed by atoms with Gasteiger partial charge in [-0.25, -0.2) is 4.68 Å². The third kappa shape index (κ3) is 3.24. The highest BCUT2D eigenvalue weighted by Gasteiger charge is 2.13. The molecule has 0 N–H and O–H groups in total. The molecule has 0 spiro atoms. The van der Waals surface area contributed by atoms with Crippen LogP contribution in [-0.2, 0) is 6.54 Å². The van der Waals surface area contributed by atoms with Gasteiger partial charge in [0.25, 0.3) is 0 Å². The number of benzene rings is 1. The Hall–Kier alpha value is -1.62. The first-order valence-electron chi connectivity index (χ1n) is 6.57. The lowest BCUT2D eigenvalue weighted by molar-refractivity contribution is 0.639. The quantitative estimate of drug-likeness (QED) is 0.812. The van der Waals surface area contributed by atoms with Crippen molar-refractivity contribution in [2.24, 2.45) is 0 Å². The SMILES string of the molecule is ClC1=CC=C(Cn2nnnc2-c2ccccc2Cl)CC=C1Cl. The molecule has 0 unspecified atom stereocenters. The zero-order chi connectivity index (χ0) is 15.5. The maximum atomic E-state index is 6.22. The van der Waals surface area contributed by atoms with Gasteiger partial charge in [-0.3, -0.25) is 0 Å². The molecule has 1 aromatic heterocycles. The van der Waals surface area contributed by atoms with Crippen LogP contribution in [0.2, 0.25) is 5.02 Å². The van der Waals surface area contributed by atoms with E-state index >= 15 is 0 Å². The van der Waals surface area contributed by atoms with Crippen molar-refractivity contribution in [1.29, 1.82) is 0 Å². The van der Waals surface area contributed by atoms with Crippen molar-refractivity contribution in [3.05, 3.63) is 63.2 Å². The highest BCUT2D eigenvalue weighted by Crippen LogP contribution is 2.27. The van der Waals surface area contributed by atoms with Crippen molar-refractivity contribution < 1.29 is 0 Å². The molecule has 112 valence electrons. The van der Waals surface area contributed by atoms with Gasteiger partial charge in [0.05, 0.1) is 21.6 Å². The minimum absolute atomic E-state index is 0.528. The first-order chi connectivity index (χ1) is 10.6. The van der Waals surface area contributed by atoms with E-state index in [0.29, 0.717) is 33.9 Å². The Balaban J connectivity index is 1.90. The summed E-state index contributed by atoms with van der Waals surface area (Å²) in [5, 5.41) is 13.6. The zero-order valence-electron chi connectivity index (χ0n) is 11.4. The normalized spacial score (nSPS) is 15.0. The van der Waals surface area contributed by atoms with Crippen LogP contribution < -0.4 is 0 Å². The number of tetrazole rings is 1. The lowest BCUT2D eigenvalue weighted by atomic mass is 10.1. The van der Waals surface area contributed by atoms with E-state index in [0.717, 1.165) is 11.1 Å². The Labute approximate surface area is 142 Å². The number of nitrogens with zero attached hydrogens (tertiary/aromatic N) is 4. The zero-order valence-corrected chi connectivity index (χ0v) is 13.6. The van der Waals surface area contributed by atoms with E-state index in [1.165, 1.54) is 0 Å². The average molecular weight is 354 g/mol. The van der Waals surface area contributed by atoms with Crippen LogP contribution in [0.1, 0.15) is 6.42 Å². The molecule has 0 fully saturated rings. The van der Waals surface area contributed by atoms with E-state index in [9.17, 15) is 0 Å². The predicted molar refractivity (Wildman–Crippen MR) is 88.8 cm³/mol. The van der Waals surface area contributed by atoms with E-state index in [1.807, 2.05) is 36.4 Å². The van der Waals surface area contributed by atoms with Crippen LogP contribution >= 0.6 is 34.8 Å². The van der Waals surface area contributed by atoms with Gasteiger partial charge in [0, 0.05) is 5.56 Å². The second kappa shape index (κ2) is 6.65. The molecular weight excluding hydrogens is 343 g/mol. The fraction of sp³-hybridized carbons (Fsp3) is 0.133. The molecule has 0 aliphatic heterocycles. The number of halogens is 3. The summed E-state index contributed by atoms with van der Waals surface area (Å²) in [6, 6.07) is 7.47. The lowest BCUT2D eigenvalue weighted by Gasteiger charge is -2.07. The van der Waals surface area contributed by atoms with Crippen molar-refractivity contribution in [2.45, 2.75) is 13.0 Å². The molecule has 1 heterocycles. The molecule has 3 rings (SSSR count). The number of hydrogen-bond acceptors (Lipinski definition) is 3. The summed E-state index contributed by atoms with van der Waals surface area (Å²) >= 11 is 18.3. The summed E-state index contributed by atoms with van der Waals surface area (Å²) in [7, 11) is 0. The van der Waals surface area contributed by atoms with E-state index in [2.05, 4.69) is 15.5 Å². The number of hydrogen-bond donors (Lipinski definition) is 0. The molecule has 0 bridgehead atoms. The molecule has 1 aliphatic rings. The molecule has 0 radical (unpaired) electrons. The molecule has 1 aliphatic carbocycles. The monoisotopic (exact) mass is 352 g/mol. The van der Waals surface area contributed by atoms with Crippen molar-refractivity contribution in [2.75, 3.05) is 0 Å². The van der Waals surface area contributed by atoms with Crippen LogP contribution in [0.15, 0.2) is 58.1 Å². The molecule has 22 heavy (non-hydrogen) atoms. The Morgan fingerprint density at radius 2 is 1.86 bits per heavy atom. The molecule has 7 heteroatoms. The molecular formula is C15H11Cl3N4. The molecule has 0 saturated carbocycles. The predicted octanol–water partition coefficient (Wildman–Crippen LogP) is 4.57. The van der Waals surface area contributed by atoms with Gasteiger partial charge >= 0.3 is 0 Å². The van der Waals surface area contributed by atoms with Gasteiger partial charge in [-0.05, 0) is 40.6 Å². The van der Waals surface area contributed by atoms with Crippen molar-refractivity contribution in [1.82, 2.24) is 20.2 Å². The fourth-order valence-corrected chi connectivity index (χ4v) is 2.61. The number of rotatable bonds is 3. The van der Waals surface area contributed by atoms with Crippen LogP contribution in [0.25, 0.3) is 11.4 Å². The van der Waals surface area contributed by atoms with E-state index < -0.39 is 0 Å². The summed E-state index contributed by atoms with van der Waals surface area (Å²) in [5.41, 5.74) is 1.89. The maximum absolute atomic E-state index is 6.22. The van der Waals surface area contributed by atoms with E-state index in [-0.39, 0.29) is 0 Å². The summed E-state index contributed by atoms with van der Waals surface area (Å²) in [6.45, 7) is 0.537. The third-order valence-corrected chi connectivity index (χ3v) is 4.35. The van der Waals surface area contributed by atoms with Gasteiger partial charge in [-0.15, -0.1) is 5.10 Å². The molecule has 0 atom stereocenters. The van der Waals surface area contributed by atoms with E-state index in [4.69, 9.17) is 34.8 Å². The number of aromatic nitrogens is 4. The first-order valence-corrected chi connectivity index (χ1v) is 7.71. The summed E-state index contributed by atoms with van der Waals surface area (Å²) in [4.78, 5) is 0. The second-order valence-electron chi connectivity index (χ2n) is 4.74. The topological polar surface area (TPSA) is 43.6 Å². The van der Waals surface area contributed by atoms with Gasteiger partial charge < -0.3 is 0 Å². The number of allylic oxidation sites excluding steroid dienone is 6. The Morgan fingerprint density at radius 3 is 2.68 bits per heavy atom. The molecule has 0 saturated heterocycles. The highest BCUT2D eigenvalue weighted by atomic mass is 35.5. The Morgan fingerprint density at radius 1 is 1.05 bits per heavy atom. The minimum atomic E-state index is 0.528. The average Bonchev–Trinajstić information content (AvgIpc) is 2.91. The van der Waals surface area contributed by atoms with Gasteiger partial charge in [0.2, 0.25) is 0 Å². The standard InChI is InChI=1S/C15H11Cl3N4/c16-12-4-2-1-3-11(12)15-19-20-21-22(15)9-10-5-7-13(17)14(18)8-6-10/h1-5,7-8H,6,9H2. The molecule has 4 nitrogen and oxygen atoms in total. The third-order valence-electron chi connectivity index (χ3n) is 3.24. The van der Waals surface area contributed by atoms with E-state index in [1.54, 1.807) is 10.8 Å². The lowest BCUT2D eigenvalue weighted by Crippen LogP contribution is -2.05. The molecule has 1 aromatic carbocycles. The van der Waals surface area contributed by atoms with Gasteiger partial charge in [-0.1, -0.05) is 59.1 Å². The Kier molecular flexibility index (Phi) is 4.62. The fourth-order valence-electron chi connectivity index (χ4n) is 2.11. The van der Waals surface area contributed by atoms with Crippen LogP contribution in [0.3, 0.4) is 0 Å². The smallest absolute Gasteiger partial charge is 0.183 e. The van der Waals surface area contributed by atoms with Crippen LogP contribution in [-0.4, -0.2) is 20.2 Å². The van der Waals surface area contributed by atoms with Gasteiger partial charge in [-0.2, -0.15) is 0 Å².